The minimum absolute atomic E-state index is 0.659. The Labute approximate surface area is 89.7 Å². The molecule has 14 heavy (non-hydrogen) atoms. The Bertz CT molecular complexity index is 147. The SMILES string of the molecule is CC(C)[C@@H](C)N[C@@H](C)C1CCCCC1. The van der Waals surface area contributed by atoms with E-state index in [0.29, 0.717) is 12.1 Å². The molecule has 1 saturated carbocycles. The largest absolute Gasteiger partial charge is 0.311 e. The third kappa shape index (κ3) is 3.61. The van der Waals surface area contributed by atoms with Crippen LogP contribution >= 0.6 is 0 Å². The van der Waals surface area contributed by atoms with Gasteiger partial charge in [0, 0.05) is 12.1 Å². The predicted molar refractivity (Wildman–Crippen MR) is 63.5 cm³/mol. The molecule has 0 unspecified atom stereocenters. The summed E-state index contributed by atoms with van der Waals surface area (Å²) in [6, 6.07) is 1.37. The molecule has 0 amide bonds. The quantitative estimate of drug-likeness (QED) is 0.726. The van der Waals surface area contributed by atoms with Crippen LogP contribution in [-0.2, 0) is 0 Å². The standard InChI is InChI=1S/C13H27N/c1-10(2)11(3)14-12(4)13-8-6-5-7-9-13/h10-14H,5-9H2,1-4H3/t11-,12+/m1/s1. The molecule has 0 radical (unpaired) electrons. The van der Waals surface area contributed by atoms with Gasteiger partial charge in [-0.25, -0.2) is 0 Å². The lowest BCUT2D eigenvalue weighted by molar-refractivity contribution is 0.252. The summed E-state index contributed by atoms with van der Waals surface area (Å²) in [5.41, 5.74) is 0. The van der Waals surface area contributed by atoms with E-state index in [-0.39, 0.29) is 0 Å². The highest BCUT2D eigenvalue weighted by molar-refractivity contribution is 4.78. The Hall–Kier alpha value is -0.0400. The third-order valence-corrected chi connectivity index (χ3v) is 3.88. The van der Waals surface area contributed by atoms with Crippen molar-refractivity contribution in [1.82, 2.24) is 5.32 Å². The molecule has 1 aliphatic rings. The van der Waals surface area contributed by atoms with E-state index in [9.17, 15) is 0 Å². The molecule has 2 atom stereocenters. The Morgan fingerprint density at radius 3 is 2.00 bits per heavy atom. The van der Waals surface area contributed by atoms with Crippen molar-refractivity contribution in [3.05, 3.63) is 0 Å². The molecule has 0 aromatic carbocycles. The van der Waals surface area contributed by atoms with Crippen LogP contribution in [0.2, 0.25) is 0 Å². The molecule has 84 valence electrons. The van der Waals surface area contributed by atoms with Gasteiger partial charge in [0.05, 0.1) is 0 Å². The second-order valence-electron chi connectivity index (χ2n) is 5.39. The summed E-state index contributed by atoms with van der Waals surface area (Å²) in [5.74, 6) is 1.69. The lowest BCUT2D eigenvalue weighted by atomic mass is 9.84. The van der Waals surface area contributed by atoms with Crippen molar-refractivity contribution in [1.29, 1.82) is 0 Å². The molecule has 0 bridgehead atoms. The number of hydrogen-bond acceptors (Lipinski definition) is 1. The Kier molecular flexibility index (Phi) is 4.94. The molecule has 0 spiro atoms. The van der Waals surface area contributed by atoms with E-state index >= 15 is 0 Å². The zero-order chi connectivity index (χ0) is 10.6. The highest BCUT2D eigenvalue weighted by Crippen LogP contribution is 2.26. The van der Waals surface area contributed by atoms with Crippen LogP contribution in [-0.4, -0.2) is 12.1 Å². The van der Waals surface area contributed by atoms with Gasteiger partial charge in [-0.3, -0.25) is 0 Å². The Morgan fingerprint density at radius 2 is 1.50 bits per heavy atom. The van der Waals surface area contributed by atoms with E-state index in [2.05, 4.69) is 33.0 Å². The smallest absolute Gasteiger partial charge is 0.00695 e. The van der Waals surface area contributed by atoms with Gasteiger partial charge < -0.3 is 5.32 Å². The second-order valence-corrected chi connectivity index (χ2v) is 5.39. The molecule has 0 heterocycles. The lowest BCUT2D eigenvalue weighted by Gasteiger charge is -2.31. The summed E-state index contributed by atoms with van der Waals surface area (Å²) in [7, 11) is 0. The fourth-order valence-corrected chi connectivity index (χ4v) is 2.38. The second kappa shape index (κ2) is 5.75. The van der Waals surface area contributed by atoms with Crippen molar-refractivity contribution in [2.45, 2.75) is 71.9 Å². The van der Waals surface area contributed by atoms with Gasteiger partial charge in [0.1, 0.15) is 0 Å². The summed E-state index contributed by atoms with van der Waals surface area (Å²) in [6.07, 6.45) is 7.25. The maximum atomic E-state index is 3.75. The zero-order valence-corrected chi connectivity index (χ0v) is 10.3. The first-order valence-electron chi connectivity index (χ1n) is 6.37. The van der Waals surface area contributed by atoms with Crippen LogP contribution < -0.4 is 5.32 Å². The van der Waals surface area contributed by atoms with Crippen LogP contribution in [0.5, 0.6) is 0 Å². The average molecular weight is 197 g/mol. The lowest BCUT2D eigenvalue weighted by Crippen LogP contribution is -2.42. The van der Waals surface area contributed by atoms with Crippen molar-refractivity contribution in [3.8, 4) is 0 Å². The van der Waals surface area contributed by atoms with E-state index in [1.54, 1.807) is 0 Å². The zero-order valence-electron chi connectivity index (χ0n) is 10.3. The molecule has 1 heteroatoms. The van der Waals surface area contributed by atoms with Gasteiger partial charge in [0.25, 0.3) is 0 Å². The highest BCUT2D eigenvalue weighted by Gasteiger charge is 2.21. The van der Waals surface area contributed by atoms with Crippen molar-refractivity contribution >= 4 is 0 Å². The minimum Gasteiger partial charge on any atom is -0.311 e. The van der Waals surface area contributed by atoms with Crippen LogP contribution in [0.25, 0.3) is 0 Å². The predicted octanol–water partition coefficient (Wildman–Crippen LogP) is 3.59. The monoisotopic (exact) mass is 197 g/mol. The molecule has 0 aromatic heterocycles. The summed E-state index contributed by atoms with van der Waals surface area (Å²) in [5, 5.41) is 3.75. The molecule has 0 aromatic rings. The molecule has 1 N–H and O–H groups in total. The van der Waals surface area contributed by atoms with Gasteiger partial charge in [-0.2, -0.15) is 0 Å². The summed E-state index contributed by atoms with van der Waals surface area (Å²) < 4.78 is 0. The molecule has 1 aliphatic carbocycles. The summed E-state index contributed by atoms with van der Waals surface area (Å²) in [6.45, 7) is 9.27. The van der Waals surface area contributed by atoms with Crippen molar-refractivity contribution < 1.29 is 0 Å². The van der Waals surface area contributed by atoms with E-state index < -0.39 is 0 Å². The average Bonchev–Trinajstić information content (AvgIpc) is 2.19. The molecular weight excluding hydrogens is 170 g/mol. The third-order valence-electron chi connectivity index (χ3n) is 3.88. The van der Waals surface area contributed by atoms with Crippen molar-refractivity contribution in [2.75, 3.05) is 0 Å². The maximum absolute atomic E-state index is 3.75. The number of rotatable bonds is 4. The normalized spacial score (nSPS) is 23.8. The fraction of sp³-hybridized carbons (Fsp3) is 1.00. The fourth-order valence-electron chi connectivity index (χ4n) is 2.38. The van der Waals surface area contributed by atoms with Gasteiger partial charge in [-0.15, -0.1) is 0 Å². The van der Waals surface area contributed by atoms with E-state index in [4.69, 9.17) is 0 Å². The van der Waals surface area contributed by atoms with E-state index in [0.717, 1.165) is 11.8 Å². The van der Waals surface area contributed by atoms with Crippen LogP contribution in [0.4, 0.5) is 0 Å². The molecular formula is C13H27N. The minimum atomic E-state index is 0.659. The van der Waals surface area contributed by atoms with Crippen LogP contribution in [0, 0.1) is 11.8 Å². The first-order chi connectivity index (χ1) is 6.61. The van der Waals surface area contributed by atoms with Crippen molar-refractivity contribution in [3.63, 3.8) is 0 Å². The van der Waals surface area contributed by atoms with E-state index in [1.807, 2.05) is 0 Å². The Balaban J connectivity index is 2.28. The summed E-state index contributed by atoms with van der Waals surface area (Å²) in [4.78, 5) is 0. The summed E-state index contributed by atoms with van der Waals surface area (Å²) >= 11 is 0. The highest BCUT2D eigenvalue weighted by atomic mass is 14.9. The molecule has 1 fully saturated rings. The molecule has 1 nitrogen and oxygen atoms in total. The van der Waals surface area contributed by atoms with Gasteiger partial charge in [0.15, 0.2) is 0 Å². The van der Waals surface area contributed by atoms with Gasteiger partial charge >= 0.3 is 0 Å². The van der Waals surface area contributed by atoms with Gasteiger partial charge in [0.2, 0.25) is 0 Å². The molecule has 0 saturated heterocycles. The number of nitrogens with one attached hydrogen (secondary N) is 1. The van der Waals surface area contributed by atoms with Crippen LogP contribution in [0.15, 0.2) is 0 Å². The molecule has 0 aliphatic heterocycles. The molecule has 1 rings (SSSR count). The first-order valence-corrected chi connectivity index (χ1v) is 6.37. The van der Waals surface area contributed by atoms with Crippen LogP contribution in [0.3, 0.4) is 0 Å². The first kappa shape index (κ1) is 12.0. The van der Waals surface area contributed by atoms with Gasteiger partial charge in [-0.05, 0) is 38.5 Å². The van der Waals surface area contributed by atoms with Crippen LogP contribution in [0.1, 0.15) is 59.8 Å². The maximum Gasteiger partial charge on any atom is 0.00695 e. The van der Waals surface area contributed by atoms with E-state index in [1.165, 1.54) is 32.1 Å². The Morgan fingerprint density at radius 1 is 0.929 bits per heavy atom. The van der Waals surface area contributed by atoms with Crippen molar-refractivity contribution in [2.24, 2.45) is 11.8 Å². The number of hydrogen-bond donors (Lipinski definition) is 1. The topological polar surface area (TPSA) is 12.0 Å². The van der Waals surface area contributed by atoms with Gasteiger partial charge in [-0.1, -0.05) is 33.1 Å².